The van der Waals surface area contributed by atoms with Crippen molar-refractivity contribution in [1.29, 1.82) is 0 Å². The molecule has 4 rings (SSSR count). The number of benzene rings is 1. The maximum Gasteiger partial charge on any atom is 0.273 e. The lowest BCUT2D eigenvalue weighted by Gasteiger charge is -2.35. The molecule has 2 aromatic rings. The lowest BCUT2D eigenvalue weighted by atomic mass is 10.1. The molecule has 9 nitrogen and oxygen atoms in total. The zero-order chi connectivity index (χ0) is 21.3. The van der Waals surface area contributed by atoms with Crippen LogP contribution in [-0.2, 0) is 4.79 Å². The standard InChI is InChI=1S/C19H20ClFN6O3/c20-15-4-1-12(21)9-14(15)19(30)26-7-5-25(6-8-26)17(28)10-22-18(29)16-11-27(24-23-16)13-2-3-13/h1,4,9,11,13H,2-3,5-8,10H2,(H,22,29). The van der Waals surface area contributed by atoms with Crippen LogP contribution in [0.3, 0.4) is 0 Å². The first-order chi connectivity index (χ1) is 14.4. The summed E-state index contributed by atoms with van der Waals surface area (Å²) in [5.41, 5.74) is 0.278. The minimum atomic E-state index is -0.538. The predicted molar refractivity (Wildman–Crippen MR) is 105 cm³/mol. The van der Waals surface area contributed by atoms with Crippen LogP contribution in [0, 0.1) is 5.82 Å². The topological polar surface area (TPSA) is 100 Å². The Hall–Kier alpha value is -3.01. The number of nitrogens with one attached hydrogen (secondary N) is 1. The highest BCUT2D eigenvalue weighted by Gasteiger charge is 2.28. The lowest BCUT2D eigenvalue weighted by molar-refractivity contribution is -0.131. The van der Waals surface area contributed by atoms with E-state index in [1.807, 2.05) is 0 Å². The van der Waals surface area contributed by atoms with Gasteiger partial charge in [-0.2, -0.15) is 0 Å². The Balaban J connectivity index is 1.26. The summed E-state index contributed by atoms with van der Waals surface area (Å²) >= 11 is 6.00. The zero-order valence-corrected chi connectivity index (χ0v) is 16.8. The largest absolute Gasteiger partial charge is 0.342 e. The Morgan fingerprint density at radius 3 is 2.53 bits per heavy atom. The van der Waals surface area contributed by atoms with Crippen molar-refractivity contribution < 1.29 is 18.8 Å². The summed E-state index contributed by atoms with van der Waals surface area (Å²) in [4.78, 5) is 40.2. The first-order valence-corrected chi connectivity index (χ1v) is 10.0. The summed E-state index contributed by atoms with van der Waals surface area (Å²) in [6, 6.07) is 3.96. The molecule has 2 aliphatic rings. The molecular weight excluding hydrogens is 415 g/mol. The van der Waals surface area contributed by atoms with Crippen molar-refractivity contribution in [3.05, 3.63) is 46.5 Å². The van der Waals surface area contributed by atoms with Gasteiger partial charge in [0, 0.05) is 26.2 Å². The van der Waals surface area contributed by atoms with Gasteiger partial charge in [-0.05, 0) is 31.0 Å². The van der Waals surface area contributed by atoms with Gasteiger partial charge in [-0.15, -0.1) is 5.10 Å². The SMILES string of the molecule is O=C(NCC(=O)N1CCN(C(=O)c2cc(F)ccc2Cl)CC1)c1cn(C2CC2)nn1. The van der Waals surface area contributed by atoms with Crippen LogP contribution in [-0.4, -0.2) is 75.2 Å². The molecule has 0 bridgehead atoms. The number of aromatic nitrogens is 3. The van der Waals surface area contributed by atoms with E-state index in [9.17, 15) is 18.8 Å². The molecule has 0 atom stereocenters. The van der Waals surface area contributed by atoms with Crippen molar-refractivity contribution in [3.63, 3.8) is 0 Å². The number of amides is 3. The third kappa shape index (κ3) is 4.43. The molecule has 1 aromatic carbocycles. The predicted octanol–water partition coefficient (Wildman–Crippen LogP) is 1.12. The highest BCUT2D eigenvalue weighted by atomic mass is 35.5. The van der Waals surface area contributed by atoms with E-state index in [2.05, 4.69) is 15.6 Å². The molecule has 0 spiro atoms. The van der Waals surface area contributed by atoms with Gasteiger partial charge in [0.05, 0.1) is 29.4 Å². The van der Waals surface area contributed by atoms with Gasteiger partial charge in [0.25, 0.3) is 11.8 Å². The summed E-state index contributed by atoms with van der Waals surface area (Å²) in [7, 11) is 0. The summed E-state index contributed by atoms with van der Waals surface area (Å²) in [5, 5.41) is 10.5. The lowest BCUT2D eigenvalue weighted by Crippen LogP contribution is -2.52. The average Bonchev–Trinajstić information content (AvgIpc) is 3.49. The normalized spacial score (nSPS) is 16.5. The second-order valence-corrected chi connectivity index (χ2v) is 7.70. The maximum absolute atomic E-state index is 13.4. The number of halogens is 2. The second-order valence-electron chi connectivity index (χ2n) is 7.29. The van der Waals surface area contributed by atoms with Crippen molar-refractivity contribution in [1.82, 2.24) is 30.1 Å². The minimum Gasteiger partial charge on any atom is -0.342 e. The first-order valence-electron chi connectivity index (χ1n) is 9.64. The smallest absolute Gasteiger partial charge is 0.273 e. The number of carbonyl (C=O) groups is 3. The van der Waals surface area contributed by atoms with E-state index in [-0.39, 0.29) is 34.6 Å². The Labute approximate surface area is 176 Å². The van der Waals surface area contributed by atoms with E-state index < -0.39 is 11.7 Å². The molecule has 0 unspecified atom stereocenters. The molecule has 0 radical (unpaired) electrons. The van der Waals surface area contributed by atoms with Crippen LogP contribution in [0.4, 0.5) is 4.39 Å². The highest BCUT2D eigenvalue weighted by Crippen LogP contribution is 2.33. The van der Waals surface area contributed by atoms with Gasteiger partial charge in [-0.25, -0.2) is 9.07 Å². The number of rotatable bonds is 5. The fraction of sp³-hybridized carbons (Fsp3) is 0.421. The minimum absolute atomic E-state index is 0.1000. The van der Waals surface area contributed by atoms with E-state index in [1.165, 1.54) is 17.0 Å². The van der Waals surface area contributed by atoms with Crippen LogP contribution in [0.2, 0.25) is 5.02 Å². The van der Waals surface area contributed by atoms with Crippen molar-refractivity contribution in [2.75, 3.05) is 32.7 Å². The summed E-state index contributed by atoms with van der Waals surface area (Å²) in [5.74, 6) is -1.62. The van der Waals surface area contributed by atoms with E-state index >= 15 is 0 Å². The molecule has 1 aliphatic heterocycles. The molecule has 2 fully saturated rings. The van der Waals surface area contributed by atoms with Crippen LogP contribution < -0.4 is 5.32 Å². The molecule has 1 aromatic heterocycles. The van der Waals surface area contributed by atoms with Crippen LogP contribution in [0.25, 0.3) is 0 Å². The first kappa shape index (κ1) is 20.3. The van der Waals surface area contributed by atoms with Crippen LogP contribution in [0.1, 0.15) is 39.7 Å². The highest BCUT2D eigenvalue weighted by molar-refractivity contribution is 6.33. The van der Waals surface area contributed by atoms with Gasteiger partial charge in [0.1, 0.15) is 5.82 Å². The Bertz CT molecular complexity index is 984. The van der Waals surface area contributed by atoms with Gasteiger partial charge in [0.15, 0.2) is 5.69 Å². The van der Waals surface area contributed by atoms with Gasteiger partial charge in [-0.1, -0.05) is 16.8 Å². The van der Waals surface area contributed by atoms with Gasteiger partial charge >= 0.3 is 0 Å². The third-order valence-electron chi connectivity index (χ3n) is 5.14. The van der Waals surface area contributed by atoms with E-state index in [0.717, 1.165) is 18.9 Å². The van der Waals surface area contributed by atoms with Gasteiger partial charge < -0.3 is 15.1 Å². The molecule has 30 heavy (non-hydrogen) atoms. The molecule has 1 saturated heterocycles. The van der Waals surface area contributed by atoms with Crippen molar-refractivity contribution in [2.24, 2.45) is 0 Å². The fourth-order valence-corrected chi connectivity index (χ4v) is 3.45. The third-order valence-corrected chi connectivity index (χ3v) is 5.47. The molecular formula is C19H20ClFN6O3. The number of nitrogens with zero attached hydrogens (tertiary/aromatic N) is 5. The molecule has 3 amide bonds. The number of hydrogen-bond donors (Lipinski definition) is 1. The molecule has 11 heteroatoms. The number of hydrogen-bond acceptors (Lipinski definition) is 5. The van der Waals surface area contributed by atoms with E-state index in [1.54, 1.807) is 15.8 Å². The average molecular weight is 435 g/mol. The van der Waals surface area contributed by atoms with Crippen molar-refractivity contribution in [3.8, 4) is 0 Å². The second kappa shape index (κ2) is 8.39. The van der Waals surface area contributed by atoms with E-state index in [0.29, 0.717) is 32.2 Å². The van der Waals surface area contributed by atoms with Crippen molar-refractivity contribution >= 4 is 29.3 Å². The molecule has 1 aliphatic carbocycles. The summed E-state index contributed by atoms with van der Waals surface area (Å²) in [6.45, 7) is 1.04. The summed E-state index contributed by atoms with van der Waals surface area (Å²) < 4.78 is 15.1. The van der Waals surface area contributed by atoms with Gasteiger partial charge in [-0.3, -0.25) is 14.4 Å². The number of piperazine rings is 1. The monoisotopic (exact) mass is 434 g/mol. The quantitative estimate of drug-likeness (QED) is 0.760. The molecule has 1 N–H and O–H groups in total. The van der Waals surface area contributed by atoms with Crippen LogP contribution >= 0.6 is 11.6 Å². The number of carbonyl (C=O) groups excluding carboxylic acids is 3. The summed E-state index contributed by atoms with van der Waals surface area (Å²) in [6.07, 6.45) is 3.64. The Morgan fingerprint density at radius 1 is 1.13 bits per heavy atom. The molecule has 2 heterocycles. The zero-order valence-electron chi connectivity index (χ0n) is 16.1. The Kier molecular flexibility index (Phi) is 5.67. The molecule has 1 saturated carbocycles. The van der Waals surface area contributed by atoms with E-state index in [4.69, 9.17) is 11.6 Å². The maximum atomic E-state index is 13.4. The van der Waals surface area contributed by atoms with Gasteiger partial charge in [0.2, 0.25) is 5.91 Å². The Morgan fingerprint density at radius 2 is 1.83 bits per heavy atom. The van der Waals surface area contributed by atoms with Crippen LogP contribution in [0.5, 0.6) is 0 Å². The van der Waals surface area contributed by atoms with Crippen LogP contribution in [0.15, 0.2) is 24.4 Å². The van der Waals surface area contributed by atoms with Crippen molar-refractivity contribution in [2.45, 2.75) is 18.9 Å². The molecule has 158 valence electrons. The fourth-order valence-electron chi connectivity index (χ4n) is 3.25.